The van der Waals surface area contributed by atoms with Crippen molar-refractivity contribution in [2.75, 3.05) is 13.2 Å². The van der Waals surface area contributed by atoms with Crippen molar-refractivity contribution in [1.82, 2.24) is 0 Å². The number of carbonyl (C=O) groups is 1. The van der Waals surface area contributed by atoms with Crippen LogP contribution in [0.2, 0.25) is 5.02 Å². The molecule has 1 aliphatic heterocycles. The van der Waals surface area contributed by atoms with Gasteiger partial charge < -0.3 is 9.53 Å². The van der Waals surface area contributed by atoms with Crippen LogP contribution in [0.3, 0.4) is 0 Å². The first kappa shape index (κ1) is 10.7. The third-order valence-electron chi connectivity index (χ3n) is 2.88. The van der Waals surface area contributed by atoms with Crippen LogP contribution in [-0.2, 0) is 16.0 Å². The standard InChI is InChI=1S/C12H13ClO2/c13-11-4-2-1-3-10(11)7-12(8-14)5-6-15-9-12/h1-4,8H,5-7,9H2. The van der Waals surface area contributed by atoms with Gasteiger partial charge in [0.05, 0.1) is 12.0 Å². The fourth-order valence-corrected chi connectivity index (χ4v) is 2.12. The second-order valence-corrected chi connectivity index (χ2v) is 4.46. The third-order valence-corrected chi connectivity index (χ3v) is 3.25. The monoisotopic (exact) mass is 224 g/mol. The van der Waals surface area contributed by atoms with E-state index in [-0.39, 0.29) is 5.41 Å². The normalized spacial score (nSPS) is 25.4. The van der Waals surface area contributed by atoms with E-state index < -0.39 is 0 Å². The molecule has 0 aromatic heterocycles. The van der Waals surface area contributed by atoms with Crippen LogP contribution in [0.1, 0.15) is 12.0 Å². The number of hydrogen-bond donors (Lipinski definition) is 0. The smallest absolute Gasteiger partial charge is 0.128 e. The molecule has 2 nitrogen and oxygen atoms in total. The molecule has 15 heavy (non-hydrogen) atoms. The lowest BCUT2D eigenvalue weighted by atomic mass is 9.82. The molecule has 0 spiro atoms. The lowest BCUT2D eigenvalue weighted by Gasteiger charge is -2.20. The van der Waals surface area contributed by atoms with Crippen molar-refractivity contribution < 1.29 is 9.53 Å². The van der Waals surface area contributed by atoms with Gasteiger partial charge in [-0.2, -0.15) is 0 Å². The van der Waals surface area contributed by atoms with E-state index in [9.17, 15) is 4.79 Å². The molecule has 1 aromatic carbocycles. The van der Waals surface area contributed by atoms with Gasteiger partial charge in [-0.05, 0) is 24.5 Å². The number of ether oxygens (including phenoxy) is 1. The second-order valence-electron chi connectivity index (χ2n) is 4.05. The Kier molecular flexibility index (Phi) is 3.08. The maximum Gasteiger partial charge on any atom is 0.128 e. The Morgan fingerprint density at radius 2 is 2.27 bits per heavy atom. The highest BCUT2D eigenvalue weighted by atomic mass is 35.5. The summed E-state index contributed by atoms with van der Waals surface area (Å²) in [6, 6.07) is 7.65. The molecule has 0 N–H and O–H groups in total. The minimum atomic E-state index is -0.356. The first-order valence-corrected chi connectivity index (χ1v) is 5.41. The van der Waals surface area contributed by atoms with Gasteiger partial charge in [0.1, 0.15) is 6.29 Å². The summed E-state index contributed by atoms with van der Waals surface area (Å²) in [6.07, 6.45) is 2.49. The number of hydrogen-bond acceptors (Lipinski definition) is 2. The maximum atomic E-state index is 11.1. The van der Waals surface area contributed by atoms with Crippen molar-refractivity contribution in [3.05, 3.63) is 34.9 Å². The lowest BCUT2D eigenvalue weighted by Crippen LogP contribution is -2.25. The fraction of sp³-hybridized carbons (Fsp3) is 0.417. The SMILES string of the molecule is O=CC1(Cc2ccccc2Cl)CCOC1. The van der Waals surface area contributed by atoms with E-state index in [0.717, 1.165) is 23.3 Å². The Morgan fingerprint density at radius 1 is 1.47 bits per heavy atom. The zero-order valence-corrected chi connectivity index (χ0v) is 9.17. The molecule has 1 aliphatic rings. The first-order chi connectivity index (χ1) is 7.26. The Bertz CT molecular complexity index is 356. The Hall–Kier alpha value is -0.860. The molecule has 0 saturated carbocycles. The molecule has 1 saturated heterocycles. The van der Waals surface area contributed by atoms with Gasteiger partial charge in [-0.3, -0.25) is 0 Å². The highest BCUT2D eigenvalue weighted by Crippen LogP contribution is 2.32. The topological polar surface area (TPSA) is 26.3 Å². The Morgan fingerprint density at radius 3 is 2.87 bits per heavy atom. The van der Waals surface area contributed by atoms with Gasteiger partial charge in [-0.15, -0.1) is 0 Å². The average molecular weight is 225 g/mol. The Balaban J connectivity index is 2.20. The largest absolute Gasteiger partial charge is 0.380 e. The average Bonchev–Trinajstić information content (AvgIpc) is 2.71. The quantitative estimate of drug-likeness (QED) is 0.738. The van der Waals surface area contributed by atoms with E-state index >= 15 is 0 Å². The number of halogens is 1. The summed E-state index contributed by atoms with van der Waals surface area (Å²) in [5.74, 6) is 0. The first-order valence-electron chi connectivity index (χ1n) is 5.03. The molecule has 3 heteroatoms. The van der Waals surface area contributed by atoms with Crippen LogP contribution in [0.4, 0.5) is 0 Å². The van der Waals surface area contributed by atoms with Crippen molar-refractivity contribution in [2.24, 2.45) is 5.41 Å². The number of carbonyl (C=O) groups excluding carboxylic acids is 1. The summed E-state index contributed by atoms with van der Waals surface area (Å²) in [5.41, 5.74) is 0.669. The van der Waals surface area contributed by atoms with E-state index in [1.165, 1.54) is 0 Å². The molecule has 1 heterocycles. The van der Waals surface area contributed by atoms with Crippen molar-refractivity contribution in [3.63, 3.8) is 0 Å². The summed E-state index contributed by atoms with van der Waals surface area (Å²) in [7, 11) is 0. The van der Waals surface area contributed by atoms with Gasteiger partial charge in [0, 0.05) is 11.6 Å². The summed E-state index contributed by atoms with van der Waals surface area (Å²) in [6.45, 7) is 1.19. The molecule has 2 rings (SSSR count). The van der Waals surface area contributed by atoms with Gasteiger partial charge >= 0.3 is 0 Å². The molecule has 1 atom stereocenters. The Labute approximate surface area is 94.2 Å². The molecular weight excluding hydrogens is 212 g/mol. The summed E-state index contributed by atoms with van der Waals surface area (Å²) >= 11 is 6.06. The maximum absolute atomic E-state index is 11.1. The van der Waals surface area contributed by atoms with E-state index in [1.807, 2.05) is 24.3 Å². The van der Waals surface area contributed by atoms with Crippen molar-refractivity contribution in [2.45, 2.75) is 12.8 Å². The number of aldehydes is 1. The predicted molar refractivity (Wildman–Crippen MR) is 59.1 cm³/mol. The van der Waals surface area contributed by atoms with Crippen molar-refractivity contribution >= 4 is 17.9 Å². The van der Waals surface area contributed by atoms with Crippen molar-refractivity contribution in [3.8, 4) is 0 Å². The molecule has 80 valence electrons. The van der Waals surface area contributed by atoms with Crippen LogP contribution in [-0.4, -0.2) is 19.5 Å². The highest BCUT2D eigenvalue weighted by molar-refractivity contribution is 6.31. The summed E-state index contributed by atoms with van der Waals surface area (Å²) in [5, 5.41) is 0.727. The number of rotatable bonds is 3. The summed E-state index contributed by atoms with van der Waals surface area (Å²) < 4.78 is 5.29. The molecule has 0 radical (unpaired) electrons. The van der Waals surface area contributed by atoms with E-state index in [1.54, 1.807) is 0 Å². The van der Waals surface area contributed by atoms with Gasteiger partial charge in [0.2, 0.25) is 0 Å². The van der Waals surface area contributed by atoms with E-state index in [0.29, 0.717) is 19.6 Å². The molecule has 1 aromatic rings. The van der Waals surface area contributed by atoms with E-state index in [2.05, 4.69) is 0 Å². The molecule has 1 fully saturated rings. The highest BCUT2D eigenvalue weighted by Gasteiger charge is 2.35. The van der Waals surface area contributed by atoms with Crippen LogP contribution in [0.25, 0.3) is 0 Å². The van der Waals surface area contributed by atoms with Gasteiger partial charge in [-0.25, -0.2) is 0 Å². The zero-order chi connectivity index (χ0) is 10.7. The van der Waals surface area contributed by atoms with Gasteiger partial charge in [0.15, 0.2) is 0 Å². The fourth-order valence-electron chi connectivity index (χ4n) is 1.92. The van der Waals surface area contributed by atoms with Crippen LogP contribution in [0.15, 0.2) is 24.3 Å². The third kappa shape index (κ3) is 2.21. The predicted octanol–water partition coefficient (Wildman–Crippen LogP) is 2.49. The van der Waals surface area contributed by atoms with Gasteiger partial charge in [0.25, 0.3) is 0 Å². The summed E-state index contributed by atoms with van der Waals surface area (Å²) in [4.78, 5) is 11.1. The molecule has 0 amide bonds. The molecule has 0 aliphatic carbocycles. The minimum absolute atomic E-state index is 0.356. The zero-order valence-electron chi connectivity index (χ0n) is 8.41. The van der Waals surface area contributed by atoms with Crippen molar-refractivity contribution in [1.29, 1.82) is 0 Å². The number of benzene rings is 1. The van der Waals surface area contributed by atoms with Gasteiger partial charge in [-0.1, -0.05) is 29.8 Å². The molecular formula is C12H13ClO2. The second kappa shape index (κ2) is 4.33. The van der Waals surface area contributed by atoms with E-state index in [4.69, 9.17) is 16.3 Å². The molecule has 1 unspecified atom stereocenters. The van der Waals surface area contributed by atoms with Crippen LogP contribution in [0, 0.1) is 5.41 Å². The van der Waals surface area contributed by atoms with Crippen LogP contribution in [0.5, 0.6) is 0 Å². The lowest BCUT2D eigenvalue weighted by molar-refractivity contribution is -0.116. The van der Waals surface area contributed by atoms with Crippen LogP contribution < -0.4 is 0 Å². The minimum Gasteiger partial charge on any atom is -0.380 e. The van der Waals surface area contributed by atoms with Crippen LogP contribution >= 0.6 is 11.6 Å². The molecule has 0 bridgehead atoms.